The lowest BCUT2D eigenvalue weighted by molar-refractivity contribution is -0.114. The predicted molar refractivity (Wildman–Crippen MR) is 78.9 cm³/mol. The number of hydrogen-bond acceptors (Lipinski definition) is 2. The van der Waals surface area contributed by atoms with Crippen molar-refractivity contribution in [3.63, 3.8) is 0 Å². The second kappa shape index (κ2) is 4.64. The summed E-state index contributed by atoms with van der Waals surface area (Å²) >= 11 is 0. The van der Waals surface area contributed by atoms with Crippen LogP contribution < -0.4 is 10.6 Å². The van der Waals surface area contributed by atoms with Crippen molar-refractivity contribution in [1.29, 1.82) is 0 Å². The molecule has 0 atom stereocenters. The van der Waals surface area contributed by atoms with Gasteiger partial charge in [-0.25, -0.2) is 0 Å². The topological polar surface area (TPSA) is 41.1 Å². The molecule has 1 amide bonds. The Kier molecular flexibility index (Phi) is 3.43. The van der Waals surface area contributed by atoms with E-state index >= 15 is 0 Å². The third-order valence-corrected chi connectivity index (χ3v) is 4.85. The molecule has 1 fully saturated rings. The van der Waals surface area contributed by atoms with E-state index in [-0.39, 0.29) is 5.91 Å². The smallest absolute Gasteiger partial charge is 0.221 e. The summed E-state index contributed by atoms with van der Waals surface area (Å²) in [6, 6.07) is 8.47. The number of hydrogen-bond donors (Lipinski definition) is 2. The molecule has 0 aromatic heterocycles. The van der Waals surface area contributed by atoms with Gasteiger partial charge in [-0.05, 0) is 22.5 Å². The molecular formula is C16H24N2O. The van der Waals surface area contributed by atoms with Crippen LogP contribution in [0.3, 0.4) is 0 Å². The van der Waals surface area contributed by atoms with Gasteiger partial charge in [-0.1, -0.05) is 45.9 Å². The van der Waals surface area contributed by atoms with Gasteiger partial charge in [0.1, 0.15) is 0 Å². The van der Waals surface area contributed by atoms with Crippen molar-refractivity contribution in [1.82, 2.24) is 5.32 Å². The van der Waals surface area contributed by atoms with Crippen LogP contribution in [0.5, 0.6) is 0 Å². The molecule has 0 radical (unpaired) electrons. The Hall–Kier alpha value is -1.35. The fourth-order valence-electron chi connectivity index (χ4n) is 2.90. The SMILES string of the molecule is CC(=O)Nc1ccccc1CNC1C(C)(C)C1(C)C. The average Bonchev–Trinajstić information content (AvgIpc) is 2.68. The Morgan fingerprint density at radius 1 is 1.16 bits per heavy atom. The summed E-state index contributed by atoms with van der Waals surface area (Å²) in [5.74, 6) is -0.0282. The molecule has 0 spiro atoms. The highest BCUT2D eigenvalue weighted by atomic mass is 16.1. The monoisotopic (exact) mass is 260 g/mol. The molecule has 3 heteroatoms. The molecule has 0 heterocycles. The summed E-state index contributed by atoms with van der Waals surface area (Å²) in [4.78, 5) is 11.2. The minimum atomic E-state index is -0.0282. The predicted octanol–water partition coefficient (Wildman–Crippen LogP) is 3.17. The number of rotatable bonds is 4. The number of amides is 1. The van der Waals surface area contributed by atoms with Crippen LogP contribution in [0.1, 0.15) is 40.2 Å². The molecule has 3 nitrogen and oxygen atoms in total. The maximum Gasteiger partial charge on any atom is 0.221 e. The second-order valence-electron chi connectivity index (χ2n) is 6.60. The van der Waals surface area contributed by atoms with Crippen LogP contribution in [0.15, 0.2) is 24.3 Å². The summed E-state index contributed by atoms with van der Waals surface area (Å²) in [6.45, 7) is 11.5. The number of carbonyl (C=O) groups excluding carboxylic acids is 1. The molecule has 104 valence electrons. The summed E-state index contributed by atoms with van der Waals surface area (Å²) in [5, 5.41) is 6.50. The first-order valence-electron chi connectivity index (χ1n) is 6.85. The largest absolute Gasteiger partial charge is 0.326 e. The molecule has 2 N–H and O–H groups in total. The Morgan fingerprint density at radius 2 is 1.74 bits per heavy atom. The van der Waals surface area contributed by atoms with E-state index in [1.54, 1.807) is 0 Å². The van der Waals surface area contributed by atoms with E-state index in [4.69, 9.17) is 0 Å². The second-order valence-corrected chi connectivity index (χ2v) is 6.60. The summed E-state index contributed by atoms with van der Waals surface area (Å²) < 4.78 is 0. The average molecular weight is 260 g/mol. The normalized spacial score (nSPS) is 20.1. The highest BCUT2D eigenvalue weighted by Crippen LogP contribution is 2.62. The quantitative estimate of drug-likeness (QED) is 0.873. The van der Waals surface area contributed by atoms with Crippen LogP contribution in [-0.2, 0) is 11.3 Å². The zero-order chi connectivity index (χ0) is 14.3. The van der Waals surface area contributed by atoms with Gasteiger partial charge >= 0.3 is 0 Å². The Balaban J connectivity index is 2.03. The van der Waals surface area contributed by atoms with E-state index in [0.717, 1.165) is 17.8 Å². The van der Waals surface area contributed by atoms with Crippen molar-refractivity contribution in [3.05, 3.63) is 29.8 Å². The molecule has 1 saturated carbocycles. The number of carbonyl (C=O) groups is 1. The van der Waals surface area contributed by atoms with Crippen LogP contribution in [0.4, 0.5) is 5.69 Å². The first-order chi connectivity index (χ1) is 8.76. The van der Waals surface area contributed by atoms with Crippen LogP contribution >= 0.6 is 0 Å². The van der Waals surface area contributed by atoms with Crippen molar-refractivity contribution >= 4 is 11.6 Å². The van der Waals surface area contributed by atoms with E-state index in [9.17, 15) is 4.79 Å². The molecule has 19 heavy (non-hydrogen) atoms. The molecule has 1 aliphatic carbocycles. The molecule has 1 aromatic carbocycles. The minimum absolute atomic E-state index is 0.0282. The molecule has 1 aliphatic rings. The van der Waals surface area contributed by atoms with Gasteiger partial charge in [0.25, 0.3) is 0 Å². The number of anilines is 1. The Morgan fingerprint density at radius 3 is 2.26 bits per heavy atom. The van der Waals surface area contributed by atoms with Crippen LogP contribution in [-0.4, -0.2) is 11.9 Å². The van der Waals surface area contributed by atoms with Gasteiger partial charge in [0, 0.05) is 25.2 Å². The van der Waals surface area contributed by atoms with Crippen molar-refractivity contribution in [2.24, 2.45) is 10.8 Å². The van der Waals surface area contributed by atoms with E-state index in [2.05, 4.69) is 44.4 Å². The Labute approximate surface area is 115 Å². The summed E-state index contributed by atoms with van der Waals surface area (Å²) in [7, 11) is 0. The maximum absolute atomic E-state index is 11.2. The highest BCUT2D eigenvalue weighted by molar-refractivity contribution is 5.89. The van der Waals surface area contributed by atoms with Crippen LogP contribution in [0, 0.1) is 10.8 Å². The van der Waals surface area contributed by atoms with Gasteiger partial charge in [0.2, 0.25) is 5.91 Å². The van der Waals surface area contributed by atoms with Crippen molar-refractivity contribution in [2.45, 2.75) is 47.2 Å². The fraction of sp³-hybridized carbons (Fsp3) is 0.562. The van der Waals surface area contributed by atoms with Gasteiger partial charge in [0.05, 0.1) is 0 Å². The fourth-order valence-corrected chi connectivity index (χ4v) is 2.90. The molecular weight excluding hydrogens is 236 g/mol. The van der Waals surface area contributed by atoms with Crippen LogP contribution in [0.25, 0.3) is 0 Å². The molecule has 0 bridgehead atoms. The third kappa shape index (κ3) is 2.52. The van der Waals surface area contributed by atoms with Crippen molar-refractivity contribution in [2.75, 3.05) is 5.32 Å². The van der Waals surface area contributed by atoms with Crippen molar-refractivity contribution < 1.29 is 4.79 Å². The standard InChI is InChI=1S/C16H24N2O/c1-11(19)18-13-9-7-6-8-12(13)10-17-14-15(2,3)16(14,4)5/h6-9,14,17H,10H2,1-5H3,(H,18,19). The molecule has 0 saturated heterocycles. The van der Waals surface area contributed by atoms with E-state index in [1.807, 2.05) is 18.2 Å². The minimum Gasteiger partial charge on any atom is -0.326 e. The lowest BCUT2D eigenvalue weighted by Gasteiger charge is -2.12. The zero-order valence-electron chi connectivity index (χ0n) is 12.5. The van der Waals surface area contributed by atoms with Crippen molar-refractivity contribution in [3.8, 4) is 0 Å². The molecule has 0 unspecified atom stereocenters. The third-order valence-electron chi connectivity index (χ3n) is 4.85. The van der Waals surface area contributed by atoms with E-state index in [0.29, 0.717) is 16.9 Å². The number of nitrogens with one attached hydrogen (secondary N) is 2. The maximum atomic E-state index is 11.2. The first kappa shape index (κ1) is 14.1. The van der Waals surface area contributed by atoms with Gasteiger partial charge in [-0.15, -0.1) is 0 Å². The number of benzene rings is 1. The van der Waals surface area contributed by atoms with Gasteiger partial charge in [-0.3, -0.25) is 4.79 Å². The first-order valence-corrected chi connectivity index (χ1v) is 6.85. The number of para-hydroxylation sites is 1. The molecule has 1 aromatic rings. The summed E-state index contributed by atoms with van der Waals surface area (Å²) in [6.07, 6.45) is 0. The molecule has 0 aliphatic heterocycles. The lowest BCUT2D eigenvalue weighted by Crippen LogP contribution is -2.22. The van der Waals surface area contributed by atoms with Crippen LogP contribution in [0.2, 0.25) is 0 Å². The van der Waals surface area contributed by atoms with Gasteiger partial charge in [-0.2, -0.15) is 0 Å². The Bertz CT molecular complexity index is 477. The zero-order valence-corrected chi connectivity index (χ0v) is 12.5. The summed E-state index contributed by atoms with van der Waals surface area (Å²) in [5.41, 5.74) is 2.70. The van der Waals surface area contributed by atoms with Gasteiger partial charge in [0.15, 0.2) is 0 Å². The van der Waals surface area contributed by atoms with E-state index < -0.39 is 0 Å². The van der Waals surface area contributed by atoms with Gasteiger partial charge < -0.3 is 10.6 Å². The highest BCUT2D eigenvalue weighted by Gasteiger charge is 2.64. The molecule has 2 rings (SSSR count). The lowest BCUT2D eigenvalue weighted by atomic mass is 10.0. The van der Waals surface area contributed by atoms with E-state index in [1.165, 1.54) is 6.92 Å².